The van der Waals surface area contributed by atoms with Crippen molar-refractivity contribution in [3.05, 3.63) is 45.0 Å². The van der Waals surface area contributed by atoms with Gasteiger partial charge in [-0.15, -0.1) is 11.8 Å². The number of amides is 1. The maximum atomic E-state index is 12.5. The summed E-state index contributed by atoms with van der Waals surface area (Å²) in [6.45, 7) is 12.9. The highest BCUT2D eigenvalue weighted by molar-refractivity contribution is 8.03. The zero-order valence-electron chi connectivity index (χ0n) is 22.5. The number of nitrogens with two attached hydrogens (primary N) is 1. The van der Waals surface area contributed by atoms with Crippen LogP contribution in [0.4, 0.5) is 0 Å². The Morgan fingerprint density at radius 3 is 2.49 bits per heavy atom. The van der Waals surface area contributed by atoms with E-state index in [0.717, 1.165) is 11.2 Å². The second-order valence-electron chi connectivity index (χ2n) is 10.5. The summed E-state index contributed by atoms with van der Waals surface area (Å²) in [7, 11) is -3.83. The molecule has 1 aromatic carbocycles. The van der Waals surface area contributed by atoms with Crippen molar-refractivity contribution >= 4 is 34.2 Å². The van der Waals surface area contributed by atoms with E-state index in [-0.39, 0.29) is 35.7 Å². The zero-order valence-corrected chi connectivity index (χ0v) is 24.2. The topological polar surface area (TPSA) is 133 Å². The number of aliphatic hydroxyl groups is 1. The van der Waals surface area contributed by atoms with E-state index >= 15 is 0 Å². The van der Waals surface area contributed by atoms with Gasteiger partial charge in [-0.25, -0.2) is 9.86 Å². The molecule has 206 valence electrons. The van der Waals surface area contributed by atoms with Gasteiger partial charge >= 0.3 is 0 Å². The monoisotopic (exact) mass is 552 g/mol. The Kier molecular flexibility index (Phi) is 9.63. The molecule has 1 amide bonds. The molecule has 0 bridgehead atoms. The molecule has 2 aliphatic rings. The molecule has 3 rings (SSSR count). The second kappa shape index (κ2) is 12.0. The first-order valence-corrected chi connectivity index (χ1v) is 15.1. The van der Waals surface area contributed by atoms with Gasteiger partial charge in [-0.1, -0.05) is 19.1 Å². The first-order valence-electron chi connectivity index (χ1n) is 12.6. The lowest BCUT2D eigenvalue weighted by Crippen LogP contribution is -2.42. The third-order valence-electron chi connectivity index (χ3n) is 7.50. The molecular formula is C26H40N4O5S2. The average molecular weight is 553 g/mol. The largest absolute Gasteiger partial charge is 0.393 e. The molecule has 1 saturated heterocycles. The SMILES string of the molecule is CC(=O)N1C(C=O)=C(S[C@H]2C[C@@H](CNS(N)(=O)=O)N(Cc3cc(C)c(C)cc3C)C2)[C@H](C)[C@@H]1C[C@@H](C)O. The Morgan fingerprint density at radius 2 is 1.92 bits per heavy atom. The van der Waals surface area contributed by atoms with Crippen molar-refractivity contribution in [3.63, 3.8) is 0 Å². The molecule has 1 fully saturated rings. The van der Waals surface area contributed by atoms with Gasteiger partial charge in [-0.2, -0.15) is 8.42 Å². The number of allylic oxidation sites excluding steroid dienone is 1. The molecule has 0 aliphatic carbocycles. The van der Waals surface area contributed by atoms with Gasteiger partial charge in [-0.3, -0.25) is 14.5 Å². The molecule has 4 N–H and O–H groups in total. The van der Waals surface area contributed by atoms with Crippen LogP contribution in [0.1, 0.15) is 55.9 Å². The fourth-order valence-corrected chi connectivity index (χ4v) is 7.51. The Hall–Kier alpha value is -1.76. The van der Waals surface area contributed by atoms with Gasteiger partial charge in [0.1, 0.15) is 0 Å². The highest BCUT2D eigenvalue weighted by Gasteiger charge is 2.43. The van der Waals surface area contributed by atoms with Crippen LogP contribution in [-0.2, 0) is 26.3 Å². The van der Waals surface area contributed by atoms with Crippen LogP contribution in [0.2, 0.25) is 0 Å². The molecule has 1 aromatic rings. The molecule has 2 heterocycles. The highest BCUT2D eigenvalue weighted by atomic mass is 32.2. The van der Waals surface area contributed by atoms with E-state index in [1.54, 1.807) is 18.7 Å². The van der Waals surface area contributed by atoms with Gasteiger partial charge in [0.25, 0.3) is 10.2 Å². The summed E-state index contributed by atoms with van der Waals surface area (Å²) in [5, 5.41) is 15.3. The predicted molar refractivity (Wildman–Crippen MR) is 147 cm³/mol. The molecule has 9 nitrogen and oxygen atoms in total. The lowest BCUT2D eigenvalue weighted by molar-refractivity contribution is -0.130. The third kappa shape index (κ3) is 7.21. The third-order valence-corrected chi connectivity index (χ3v) is 9.58. The minimum Gasteiger partial charge on any atom is -0.393 e. The number of thioether (sulfide) groups is 1. The Labute approximate surface area is 225 Å². The highest BCUT2D eigenvalue weighted by Crippen LogP contribution is 2.45. The zero-order chi connectivity index (χ0) is 27.7. The van der Waals surface area contributed by atoms with E-state index in [1.165, 1.54) is 34.1 Å². The molecule has 0 aromatic heterocycles. The van der Waals surface area contributed by atoms with E-state index in [9.17, 15) is 23.1 Å². The smallest absolute Gasteiger partial charge is 0.274 e. The summed E-state index contributed by atoms with van der Waals surface area (Å²) in [6.07, 6.45) is 1.21. The van der Waals surface area contributed by atoms with E-state index in [0.29, 0.717) is 31.6 Å². The average Bonchev–Trinajstić information content (AvgIpc) is 3.28. The van der Waals surface area contributed by atoms with Crippen LogP contribution in [0.3, 0.4) is 0 Å². The van der Waals surface area contributed by atoms with Crippen molar-refractivity contribution in [2.24, 2.45) is 11.1 Å². The number of benzene rings is 1. The lowest BCUT2D eigenvalue weighted by Gasteiger charge is -2.28. The summed E-state index contributed by atoms with van der Waals surface area (Å²) in [5.74, 6) is -0.315. The number of aryl methyl sites for hydroxylation is 3. The number of carbonyl (C=O) groups is 2. The first kappa shape index (κ1) is 29.8. The van der Waals surface area contributed by atoms with Gasteiger partial charge in [0.2, 0.25) is 5.91 Å². The second-order valence-corrected chi connectivity index (χ2v) is 13.2. The summed E-state index contributed by atoms with van der Waals surface area (Å²) < 4.78 is 25.7. The lowest BCUT2D eigenvalue weighted by atomic mass is 9.98. The van der Waals surface area contributed by atoms with Crippen molar-refractivity contribution in [2.75, 3.05) is 13.1 Å². The minimum absolute atomic E-state index is 0.0778. The summed E-state index contributed by atoms with van der Waals surface area (Å²) >= 11 is 1.59. The molecule has 0 saturated carbocycles. The first-order chi connectivity index (χ1) is 17.2. The predicted octanol–water partition coefficient (Wildman–Crippen LogP) is 2.13. The Bertz CT molecular complexity index is 1170. The maximum Gasteiger partial charge on any atom is 0.274 e. The van der Waals surface area contributed by atoms with Crippen LogP contribution in [0.15, 0.2) is 22.7 Å². The fourth-order valence-electron chi connectivity index (χ4n) is 5.50. The summed E-state index contributed by atoms with van der Waals surface area (Å²) in [5.41, 5.74) is 5.19. The number of hydrogen-bond acceptors (Lipinski definition) is 7. The number of carbonyl (C=O) groups excluding carboxylic acids is 2. The van der Waals surface area contributed by atoms with Crippen molar-refractivity contribution in [1.82, 2.24) is 14.5 Å². The molecule has 11 heteroatoms. The van der Waals surface area contributed by atoms with Crippen molar-refractivity contribution in [2.45, 2.75) is 84.4 Å². The molecule has 5 atom stereocenters. The van der Waals surface area contributed by atoms with Gasteiger partial charge in [0.15, 0.2) is 6.29 Å². The molecular weight excluding hydrogens is 512 g/mol. The van der Waals surface area contributed by atoms with Gasteiger partial charge in [0.05, 0.1) is 11.8 Å². The number of aliphatic hydroxyl groups excluding tert-OH is 1. The van der Waals surface area contributed by atoms with Crippen LogP contribution in [-0.4, -0.2) is 72.0 Å². The van der Waals surface area contributed by atoms with E-state index in [2.05, 4.69) is 42.5 Å². The van der Waals surface area contributed by atoms with Crippen LogP contribution in [0.5, 0.6) is 0 Å². The van der Waals surface area contributed by atoms with Crippen LogP contribution < -0.4 is 9.86 Å². The van der Waals surface area contributed by atoms with Gasteiger partial charge in [-0.05, 0) is 62.8 Å². The number of aldehydes is 1. The fraction of sp³-hybridized carbons (Fsp3) is 0.615. The summed E-state index contributed by atoms with van der Waals surface area (Å²) in [6, 6.07) is 4.00. The molecule has 0 unspecified atom stereocenters. The number of nitrogens with one attached hydrogen (secondary N) is 1. The van der Waals surface area contributed by atoms with Gasteiger partial charge < -0.3 is 10.0 Å². The van der Waals surface area contributed by atoms with Crippen molar-refractivity contribution < 1.29 is 23.1 Å². The molecule has 2 aliphatic heterocycles. The summed E-state index contributed by atoms with van der Waals surface area (Å²) in [4.78, 5) is 29.2. The van der Waals surface area contributed by atoms with Crippen LogP contribution >= 0.6 is 11.8 Å². The van der Waals surface area contributed by atoms with Crippen LogP contribution in [0, 0.1) is 26.7 Å². The standard InChI is InChI=1S/C26H40N4O5S2/c1-15-7-17(3)21(8-16(15)2)12-29-13-23(10-22(29)11-28-37(27,34)35)36-26-19(5)24(9-18(4)32)30(20(6)33)25(26)14-31/h7-8,14,18-19,22-24,28,32H,9-13H2,1-6H3,(H2,27,34,35)/t18-,19-,22+,23+,24+/m1/s1. The van der Waals surface area contributed by atoms with E-state index < -0.39 is 16.3 Å². The Morgan fingerprint density at radius 1 is 1.27 bits per heavy atom. The molecule has 0 radical (unpaired) electrons. The van der Waals surface area contributed by atoms with Crippen LogP contribution in [0.25, 0.3) is 0 Å². The van der Waals surface area contributed by atoms with Gasteiger partial charge in [0, 0.05) is 54.7 Å². The normalized spacial score (nSPS) is 25.7. The van der Waals surface area contributed by atoms with Crippen molar-refractivity contribution in [1.29, 1.82) is 0 Å². The number of rotatable bonds is 10. The molecule has 0 spiro atoms. The van der Waals surface area contributed by atoms with E-state index in [4.69, 9.17) is 5.14 Å². The maximum absolute atomic E-state index is 12.5. The van der Waals surface area contributed by atoms with E-state index in [1.807, 2.05) is 6.92 Å². The number of hydrogen-bond donors (Lipinski definition) is 3. The number of likely N-dealkylation sites (tertiary alicyclic amines) is 1. The number of nitrogens with zero attached hydrogens (tertiary/aromatic N) is 2. The Balaban J connectivity index is 1.86. The van der Waals surface area contributed by atoms with Crippen molar-refractivity contribution in [3.8, 4) is 0 Å². The molecule has 37 heavy (non-hydrogen) atoms. The minimum atomic E-state index is -3.83. The quantitative estimate of drug-likeness (QED) is 0.379.